The van der Waals surface area contributed by atoms with Gasteiger partial charge in [0.25, 0.3) is 0 Å². The molecule has 9 aromatic carbocycles. The fourth-order valence-corrected chi connectivity index (χ4v) is 7.08. The topological polar surface area (TPSA) is 0 Å². The summed E-state index contributed by atoms with van der Waals surface area (Å²) in [5.74, 6) is 34.2. The summed E-state index contributed by atoms with van der Waals surface area (Å²) < 4.78 is 0. The van der Waals surface area contributed by atoms with Crippen LogP contribution in [0.2, 0.25) is 0 Å². The summed E-state index contributed by atoms with van der Waals surface area (Å²) in [4.78, 5) is 0. The molecule has 0 heterocycles. The smallest absolute Gasteiger partial charge is 0.0480 e. The molecule has 0 spiro atoms. The molecule has 0 aliphatic rings. The van der Waals surface area contributed by atoms with Crippen LogP contribution in [0, 0.1) is 104 Å². The van der Waals surface area contributed by atoms with E-state index in [2.05, 4.69) is 226 Å². The third kappa shape index (κ3) is 26.9. The van der Waals surface area contributed by atoms with E-state index < -0.39 is 0 Å². The Morgan fingerprint density at radius 3 is 1.04 bits per heavy atom. The van der Waals surface area contributed by atoms with Crippen LogP contribution in [-0.2, 0) is 0 Å². The molecule has 0 N–H and O–H groups in total. The fraction of sp³-hybridized carbons (Fsp3) is 0.244. The van der Waals surface area contributed by atoms with Gasteiger partial charge in [-0.1, -0.05) is 294 Å². The van der Waals surface area contributed by atoms with E-state index in [4.69, 9.17) is 25.7 Å². The molecule has 9 aromatic rings. The summed E-state index contributed by atoms with van der Waals surface area (Å²) in [5.41, 5.74) is 8.55. The molecule has 0 unspecified atom stereocenters. The average molecular weight is 1070 g/mol. The summed E-state index contributed by atoms with van der Waals surface area (Å²) in [6, 6.07) is 59.0. The minimum absolute atomic E-state index is 0.863. The minimum Gasteiger partial charge on any atom is -0.115 e. The van der Waals surface area contributed by atoms with E-state index in [0.29, 0.717) is 0 Å². The molecule has 416 valence electrons. The SMILES string of the molecule is C#Cc1c(C#CC)ccc2ccccc12.C#Cc1cc2ccccc2cc1C#CC.C#Cc1ccc2ccccc2c1C#CC.C#Cc1ccccc1C#CC.CCC.CCC.CCC.CCC.CCC.Cc1ccc2ccccc2c1. The van der Waals surface area contributed by atoms with Crippen LogP contribution in [0.1, 0.15) is 179 Å². The van der Waals surface area contributed by atoms with Gasteiger partial charge in [-0.2, -0.15) is 0 Å². The molecule has 0 saturated heterocycles. The molecule has 0 amide bonds. The second-order valence-corrected chi connectivity index (χ2v) is 18.2. The second-order valence-electron chi connectivity index (χ2n) is 18.2. The maximum Gasteiger partial charge on any atom is 0.0480 e. The standard InChI is InChI=1S/3C15H10.C11H10.C11H8.5C3H8/c1-3-7-13-11-15-9-6-5-8-14(15)10-12(13)4-2;1-3-7-12-10-11-13-8-5-6-9-15(13)14(12)4-2;1-3-7-14-12(4-2)10-11-13-8-5-6-9-15(13)14;1-9-6-7-10-4-2-3-5-11(10)8-9;1-3-7-11-9-6-5-8-10(11)4-2;5*1-3-2/h3*2,5-6,8-11H,1H3;2-8H,1H3;2,5-6,8-9H,1H3;5*3H2,1-2H3. The van der Waals surface area contributed by atoms with Gasteiger partial charge >= 0.3 is 0 Å². The maximum absolute atomic E-state index is 5.53. The lowest BCUT2D eigenvalue weighted by Crippen LogP contribution is -1.85. The van der Waals surface area contributed by atoms with Crippen molar-refractivity contribution in [2.24, 2.45) is 0 Å². The summed E-state index contributed by atoms with van der Waals surface area (Å²) in [6.45, 7) is 30.6. The Hall–Kier alpha value is -9.50. The van der Waals surface area contributed by atoms with Crippen molar-refractivity contribution in [3.63, 3.8) is 0 Å². The average Bonchev–Trinajstić information content (AvgIpc) is 3.66. The predicted octanol–water partition coefficient (Wildman–Crippen LogP) is 21.8. The molecule has 0 aliphatic carbocycles. The summed E-state index contributed by atoms with van der Waals surface area (Å²) in [7, 11) is 0. The Morgan fingerprint density at radius 1 is 0.268 bits per heavy atom. The van der Waals surface area contributed by atoms with Gasteiger partial charge in [0.15, 0.2) is 0 Å². The van der Waals surface area contributed by atoms with Crippen LogP contribution in [-0.4, -0.2) is 0 Å². The number of fused-ring (bicyclic) bond motifs is 4. The van der Waals surface area contributed by atoms with E-state index in [1.165, 1.54) is 59.2 Å². The maximum atomic E-state index is 5.53. The lowest BCUT2D eigenvalue weighted by atomic mass is 10.00. The van der Waals surface area contributed by atoms with Crippen LogP contribution < -0.4 is 0 Å². The van der Waals surface area contributed by atoms with Gasteiger partial charge in [0.2, 0.25) is 0 Å². The van der Waals surface area contributed by atoms with E-state index in [0.717, 1.165) is 66.1 Å². The first-order valence-electron chi connectivity index (χ1n) is 28.6. The molecular weight excluding hydrogens is 985 g/mol. The largest absolute Gasteiger partial charge is 0.115 e. The molecule has 0 radical (unpaired) electrons. The fourth-order valence-electron chi connectivity index (χ4n) is 7.08. The molecule has 0 atom stereocenters. The number of benzene rings is 9. The van der Waals surface area contributed by atoms with Crippen molar-refractivity contribution in [3.05, 3.63) is 226 Å². The summed E-state index contributed by atoms with van der Waals surface area (Å²) in [6.07, 6.45) is 28.0. The molecule has 0 aliphatic heterocycles. The highest BCUT2D eigenvalue weighted by atomic mass is 14.1. The normalized spacial score (nSPS) is 8.48. The number of hydrogen-bond donors (Lipinski definition) is 0. The van der Waals surface area contributed by atoms with Crippen LogP contribution in [0.3, 0.4) is 0 Å². The monoisotopic (exact) mass is 1070 g/mol. The number of aryl methyl sites for hydroxylation is 1. The van der Waals surface area contributed by atoms with Gasteiger partial charge in [0, 0.05) is 44.5 Å². The Labute approximate surface area is 499 Å². The molecule has 0 bridgehead atoms. The molecule has 0 aromatic heterocycles. The van der Waals surface area contributed by atoms with E-state index >= 15 is 0 Å². The van der Waals surface area contributed by atoms with Crippen molar-refractivity contribution in [2.45, 2.75) is 136 Å². The third-order valence-electron chi connectivity index (χ3n) is 10.2. The highest BCUT2D eigenvalue weighted by Crippen LogP contribution is 2.23. The van der Waals surface area contributed by atoms with Crippen LogP contribution in [0.4, 0.5) is 0 Å². The first kappa shape index (κ1) is 72.5. The summed E-state index contributed by atoms with van der Waals surface area (Å²) in [5, 5.41) is 9.54. The quantitative estimate of drug-likeness (QED) is 0.133. The molecule has 0 saturated carbocycles. The zero-order chi connectivity index (χ0) is 61.3. The third-order valence-corrected chi connectivity index (χ3v) is 10.2. The van der Waals surface area contributed by atoms with Gasteiger partial charge in [-0.15, -0.1) is 49.4 Å². The van der Waals surface area contributed by atoms with Crippen LogP contribution >= 0.6 is 0 Å². The zero-order valence-electron chi connectivity index (χ0n) is 52.1. The summed E-state index contributed by atoms with van der Waals surface area (Å²) >= 11 is 0. The molecule has 0 heteroatoms. The second kappa shape index (κ2) is 46.4. The lowest BCUT2D eigenvalue weighted by molar-refractivity contribution is 1.09. The molecule has 82 heavy (non-hydrogen) atoms. The van der Waals surface area contributed by atoms with Crippen LogP contribution in [0.5, 0.6) is 0 Å². The van der Waals surface area contributed by atoms with E-state index in [9.17, 15) is 0 Å². The zero-order valence-corrected chi connectivity index (χ0v) is 52.1. The number of terminal acetylenes is 4. The van der Waals surface area contributed by atoms with Gasteiger partial charge in [-0.25, -0.2) is 0 Å². The highest BCUT2D eigenvalue weighted by molar-refractivity contribution is 5.91. The van der Waals surface area contributed by atoms with Crippen molar-refractivity contribution >= 4 is 43.1 Å². The lowest BCUT2D eigenvalue weighted by Gasteiger charge is -2.03. The minimum atomic E-state index is 0.863. The van der Waals surface area contributed by atoms with Gasteiger partial charge in [0.05, 0.1) is 0 Å². The van der Waals surface area contributed by atoms with E-state index in [1.807, 2.05) is 118 Å². The van der Waals surface area contributed by atoms with Crippen molar-refractivity contribution in [2.75, 3.05) is 0 Å². The number of hydrogen-bond acceptors (Lipinski definition) is 0. The molecule has 0 fully saturated rings. The first-order chi connectivity index (χ1) is 39.9. The van der Waals surface area contributed by atoms with Crippen molar-refractivity contribution in [3.8, 4) is 96.7 Å². The van der Waals surface area contributed by atoms with Gasteiger partial charge in [-0.05, 0) is 114 Å². The van der Waals surface area contributed by atoms with E-state index in [-0.39, 0.29) is 0 Å². The van der Waals surface area contributed by atoms with Gasteiger partial charge in [-0.3, -0.25) is 0 Å². The Balaban J connectivity index is 0.000000945. The van der Waals surface area contributed by atoms with Gasteiger partial charge < -0.3 is 0 Å². The Morgan fingerprint density at radius 2 is 0.598 bits per heavy atom. The van der Waals surface area contributed by atoms with E-state index in [1.54, 1.807) is 6.92 Å². The molecular formula is C82H88. The Kier molecular flexibility index (Phi) is 41.0. The highest BCUT2D eigenvalue weighted by Gasteiger charge is 2.04. The molecule has 9 rings (SSSR count). The number of rotatable bonds is 0. The Bertz CT molecular complexity index is 3690. The molecule has 0 nitrogen and oxygen atoms in total. The van der Waals surface area contributed by atoms with Crippen molar-refractivity contribution in [1.29, 1.82) is 0 Å². The first-order valence-corrected chi connectivity index (χ1v) is 28.6. The van der Waals surface area contributed by atoms with Crippen molar-refractivity contribution < 1.29 is 0 Å². The predicted molar refractivity (Wildman–Crippen MR) is 369 cm³/mol. The van der Waals surface area contributed by atoms with Crippen LogP contribution in [0.15, 0.2) is 176 Å². The van der Waals surface area contributed by atoms with Gasteiger partial charge in [0.1, 0.15) is 0 Å². The van der Waals surface area contributed by atoms with Crippen molar-refractivity contribution in [1.82, 2.24) is 0 Å². The van der Waals surface area contributed by atoms with Crippen LogP contribution in [0.25, 0.3) is 43.1 Å².